The molecule has 4 nitrogen and oxygen atoms in total. The van der Waals surface area contributed by atoms with Crippen molar-refractivity contribution >= 4 is 0 Å². The lowest BCUT2D eigenvalue weighted by Gasteiger charge is -2.16. The lowest BCUT2D eigenvalue weighted by Crippen LogP contribution is -2.21. The number of aromatic hydroxyl groups is 1. The number of ether oxygens (including phenoxy) is 2. The number of benzene rings is 1. The number of rotatable bonds is 10. The van der Waals surface area contributed by atoms with Crippen LogP contribution >= 0.6 is 0 Å². The predicted octanol–water partition coefficient (Wildman–Crippen LogP) is 3.26. The van der Waals surface area contributed by atoms with Crippen molar-refractivity contribution in [3.63, 3.8) is 0 Å². The molecule has 2 N–H and O–H groups in total. The Kier molecular flexibility index (Phi) is 8.07. The summed E-state index contributed by atoms with van der Waals surface area (Å²) in [7, 11) is 1.59. The first-order chi connectivity index (χ1) is 9.69. The molecule has 1 aromatic carbocycles. The van der Waals surface area contributed by atoms with E-state index in [2.05, 4.69) is 12.2 Å². The van der Waals surface area contributed by atoms with Crippen molar-refractivity contribution in [1.29, 1.82) is 0 Å². The molecule has 4 heteroatoms. The molecule has 1 rings (SSSR count). The number of hydrogen-bond acceptors (Lipinski definition) is 4. The maximum absolute atomic E-state index is 9.95. The fourth-order valence-electron chi connectivity index (χ4n) is 1.97. The average Bonchev–Trinajstić information content (AvgIpc) is 2.45. The summed E-state index contributed by atoms with van der Waals surface area (Å²) in [4.78, 5) is 0. The first-order valence-corrected chi connectivity index (χ1v) is 7.37. The van der Waals surface area contributed by atoms with Crippen LogP contribution in [0.5, 0.6) is 11.5 Å². The van der Waals surface area contributed by atoms with E-state index in [1.54, 1.807) is 13.2 Å². The van der Waals surface area contributed by atoms with Gasteiger partial charge in [0.2, 0.25) is 0 Å². The van der Waals surface area contributed by atoms with Gasteiger partial charge in [0.05, 0.1) is 7.11 Å². The zero-order valence-corrected chi connectivity index (χ0v) is 12.8. The van der Waals surface area contributed by atoms with Crippen molar-refractivity contribution in [1.82, 2.24) is 5.32 Å². The van der Waals surface area contributed by atoms with Gasteiger partial charge in [-0.1, -0.05) is 19.4 Å². The van der Waals surface area contributed by atoms with Gasteiger partial charge in [-0.25, -0.2) is 0 Å². The summed E-state index contributed by atoms with van der Waals surface area (Å²) in [6, 6.07) is 5.50. The summed E-state index contributed by atoms with van der Waals surface area (Å²) in [6.07, 6.45) is 3.28. The van der Waals surface area contributed by atoms with E-state index in [0.717, 1.165) is 38.2 Å². The maximum atomic E-state index is 9.95. The van der Waals surface area contributed by atoms with Crippen molar-refractivity contribution in [2.24, 2.45) is 0 Å². The molecule has 0 fully saturated rings. The van der Waals surface area contributed by atoms with Gasteiger partial charge in [-0.15, -0.1) is 0 Å². The minimum absolute atomic E-state index is 0.108. The molecule has 0 spiro atoms. The maximum Gasteiger partial charge on any atom is 0.124 e. The van der Waals surface area contributed by atoms with E-state index in [-0.39, 0.29) is 11.8 Å². The van der Waals surface area contributed by atoms with E-state index >= 15 is 0 Å². The fourth-order valence-corrected chi connectivity index (χ4v) is 1.97. The van der Waals surface area contributed by atoms with Crippen LogP contribution in [-0.2, 0) is 4.74 Å². The normalized spacial score (nSPS) is 12.3. The van der Waals surface area contributed by atoms with Crippen LogP contribution in [0.2, 0.25) is 0 Å². The summed E-state index contributed by atoms with van der Waals surface area (Å²) in [5.41, 5.74) is 0.887. The number of unbranched alkanes of at least 4 members (excludes halogenated alkanes) is 1. The Hall–Kier alpha value is -1.26. The van der Waals surface area contributed by atoms with Crippen molar-refractivity contribution in [2.75, 3.05) is 26.9 Å². The van der Waals surface area contributed by atoms with Gasteiger partial charge in [0, 0.05) is 30.9 Å². The molecular weight excluding hydrogens is 254 g/mol. The lowest BCUT2D eigenvalue weighted by molar-refractivity contribution is 0.128. The highest BCUT2D eigenvalue weighted by Gasteiger charge is 2.10. The van der Waals surface area contributed by atoms with Crippen molar-refractivity contribution in [3.05, 3.63) is 23.8 Å². The summed E-state index contributed by atoms with van der Waals surface area (Å²) in [5, 5.41) is 13.3. The summed E-state index contributed by atoms with van der Waals surface area (Å²) >= 11 is 0. The second kappa shape index (κ2) is 9.61. The lowest BCUT2D eigenvalue weighted by atomic mass is 10.1. The average molecular weight is 281 g/mol. The molecule has 1 aromatic rings. The molecule has 0 bridgehead atoms. The molecule has 0 aliphatic rings. The molecule has 0 aromatic heterocycles. The van der Waals surface area contributed by atoms with Gasteiger partial charge >= 0.3 is 0 Å². The van der Waals surface area contributed by atoms with Gasteiger partial charge in [-0.2, -0.15) is 0 Å². The van der Waals surface area contributed by atoms with Crippen LogP contribution in [0.3, 0.4) is 0 Å². The van der Waals surface area contributed by atoms with Gasteiger partial charge in [0.15, 0.2) is 0 Å². The molecule has 1 atom stereocenters. The van der Waals surface area contributed by atoms with Crippen molar-refractivity contribution < 1.29 is 14.6 Å². The first-order valence-electron chi connectivity index (χ1n) is 7.37. The molecular formula is C16H27NO3. The van der Waals surface area contributed by atoms with Crippen LogP contribution in [0.15, 0.2) is 18.2 Å². The van der Waals surface area contributed by atoms with Crippen LogP contribution in [0.4, 0.5) is 0 Å². The van der Waals surface area contributed by atoms with Crippen molar-refractivity contribution in [2.45, 2.75) is 39.2 Å². The zero-order chi connectivity index (χ0) is 14.8. The number of phenolic OH excluding ortho intramolecular Hbond substituents is 1. The highest BCUT2D eigenvalue weighted by Crippen LogP contribution is 2.28. The summed E-state index contributed by atoms with van der Waals surface area (Å²) in [5.74, 6) is 0.936. The molecule has 1 unspecified atom stereocenters. The second-order valence-corrected chi connectivity index (χ2v) is 4.92. The van der Waals surface area contributed by atoms with Crippen LogP contribution in [-0.4, -0.2) is 32.0 Å². The van der Waals surface area contributed by atoms with E-state index in [1.165, 1.54) is 6.42 Å². The summed E-state index contributed by atoms with van der Waals surface area (Å²) in [6.45, 7) is 6.71. The number of nitrogens with one attached hydrogen (secondary N) is 1. The molecule has 114 valence electrons. The molecule has 0 aliphatic heterocycles. The molecule has 0 amide bonds. The second-order valence-electron chi connectivity index (χ2n) is 4.92. The largest absolute Gasteiger partial charge is 0.507 e. The van der Waals surface area contributed by atoms with Gasteiger partial charge in [-0.05, 0) is 32.4 Å². The van der Waals surface area contributed by atoms with Gasteiger partial charge in [-0.3, -0.25) is 0 Å². The Balaban J connectivity index is 2.27. The van der Waals surface area contributed by atoms with Crippen LogP contribution in [0, 0.1) is 0 Å². The smallest absolute Gasteiger partial charge is 0.124 e. The van der Waals surface area contributed by atoms with E-state index in [1.807, 2.05) is 19.1 Å². The molecule has 0 saturated carbocycles. The third kappa shape index (κ3) is 5.80. The molecule has 20 heavy (non-hydrogen) atoms. The first kappa shape index (κ1) is 16.8. The van der Waals surface area contributed by atoms with Crippen LogP contribution in [0.25, 0.3) is 0 Å². The van der Waals surface area contributed by atoms with Crippen molar-refractivity contribution in [3.8, 4) is 11.5 Å². The summed E-state index contributed by atoms with van der Waals surface area (Å²) < 4.78 is 10.6. The molecule has 0 radical (unpaired) electrons. The van der Waals surface area contributed by atoms with E-state index in [4.69, 9.17) is 9.47 Å². The van der Waals surface area contributed by atoms with Crippen LogP contribution in [0.1, 0.15) is 44.7 Å². The predicted molar refractivity (Wildman–Crippen MR) is 81.4 cm³/mol. The minimum atomic E-state index is 0.108. The number of methoxy groups -OCH3 is 1. The molecule has 0 saturated heterocycles. The van der Waals surface area contributed by atoms with Gasteiger partial charge < -0.3 is 19.9 Å². The zero-order valence-electron chi connectivity index (χ0n) is 12.8. The number of hydrogen-bond donors (Lipinski definition) is 2. The Morgan fingerprint density at radius 1 is 1.25 bits per heavy atom. The number of phenols is 1. The highest BCUT2D eigenvalue weighted by atomic mass is 16.5. The SMILES string of the molecule is CCCCOCCCNC(C)c1ccc(OC)cc1O. The van der Waals surface area contributed by atoms with Gasteiger partial charge in [0.25, 0.3) is 0 Å². The Morgan fingerprint density at radius 3 is 2.65 bits per heavy atom. The Bertz CT molecular complexity index is 382. The third-order valence-corrected chi connectivity index (χ3v) is 3.26. The van der Waals surface area contributed by atoms with E-state index in [9.17, 15) is 5.11 Å². The highest BCUT2D eigenvalue weighted by molar-refractivity contribution is 5.41. The molecule has 0 heterocycles. The third-order valence-electron chi connectivity index (χ3n) is 3.26. The fraction of sp³-hybridized carbons (Fsp3) is 0.625. The van der Waals surface area contributed by atoms with E-state index in [0.29, 0.717) is 5.75 Å². The minimum Gasteiger partial charge on any atom is -0.507 e. The Morgan fingerprint density at radius 2 is 2.00 bits per heavy atom. The van der Waals surface area contributed by atoms with Crippen LogP contribution < -0.4 is 10.1 Å². The van der Waals surface area contributed by atoms with Gasteiger partial charge in [0.1, 0.15) is 11.5 Å². The topological polar surface area (TPSA) is 50.7 Å². The monoisotopic (exact) mass is 281 g/mol. The van der Waals surface area contributed by atoms with E-state index < -0.39 is 0 Å². The molecule has 0 aliphatic carbocycles. The Labute approximate surface area is 122 Å². The standard InChI is InChI=1S/C16H27NO3/c1-4-5-10-20-11-6-9-17-13(2)15-8-7-14(19-3)12-16(15)18/h7-8,12-13,17-18H,4-6,9-11H2,1-3H3. The quantitative estimate of drug-likeness (QED) is 0.646.